The molecule has 1 N–H and O–H groups in total. The minimum Gasteiger partial charge on any atom is -0.307 e. The predicted molar refractivity (Wildman–Crippen MR) is 74.7 cm³/mol. The van der Waals surface area contributed by atoms with E-state index in [-0.39, 0.29) is 6.04 Å². The van der Waals surface area contributed by atoms with Gasteiger partial charge in [0.15, 0.2) is 0 Å². The molecule has 2 aromatic heterocycles. The molecule has 0 bridgehead atoms. The fourth-order valence-electron chi connectivity index (χ4n) is 2.26. The maximum atomic E-state index is 4.38. The van der Waals surface area contributed by atoms with Crippen LogP contribution < -0.4 is 5.32 Å². The fraction of sp³-hybridized carbons (Fsp3) is 0.133. The Kier molecular flexibility index (Phi) is 3.16. The summed E-state index contributed by atoms with van der Waals surface area (Å²) in [5.41, 5.74) is 2.12. The third kappa shape index (κ3) is 2.18. The van der Waals surface area contributed by atoms with Crippen LogP contribution in [-0.2, 0) is 0 Å². The van der Waals surface area contributed by atoms with Gasteiger partial charge in [0.05, 0.1) is 11.6 Å². The highest BCUT2D eigenvalue weighted by molar-refractivity contribution is 5.82. The molecule has 0 amide bonds. The van der Waals surface area contributed by atoms with E-state index in [9.17, 15) is 0 Å². The standard InChI is InChI=1S/C15H14N4/c1-16-14(15-18-9-4-10-19-15)12-5-2-7-13-11(12)6-3-8-17-13/h2-10,14,16H,1H3. The molecule has 0 aliphatic carbocycles. The van der Waals surface area contributed by atoms with Gasteiger partial charge >= 0.3 is 0 Å². The number of pyridine rings is 1. The van der Waals surface area contributed by atoms with Crippen LogP contribution in [0.15, 0.2) is 55.0 Å². The highest BCUT2D eigenvalue weighted by atomic mass is 15.0. The molecular formula is C15H14N4. The summed E-state index contributed by atoms with van der Waals surface area (Å²) in [6.45, 7) is 0. The number of benzene rings is 1. The van der Waals surface area contributed by atoms with Crippen LogP contribution in [-0.4, -0.2) is 22.0 Å². The number of aromatic nitrogens is 3. The van der Waals surface area contributed by atoms with Crippen LogP contribution >= 0.6 is 0 Å². The smallest absolute Gasteiger partial charge is 0.149 e. The lowest BCUT2D eigenvalue weighted by molar-refractivity contribution is 0.650. The van der Waals surface area contributed by atoms with E-state index in [1.807, 2.05) is 31.3 Å². The fourth-order valence-corrected chi connectivity index (χ4v) is 2.26. The van der Waals surface area contributed by atoms with Crippen molar-refractivity contribution in [3.8, 4) is 0 Å². The molecule has 1 atom stereocenters. The summed E-state index contributed by atoms with van der Waals surface area (Å²) in [5, 5.41) is 4.40. The number of fused-ring (bicyclic) bond motifs is 1. The molecule has 0 aliphatic rings. The molecule has 1 aromatic carbocycles. The van der Waals surface area contributed by atoms with Crippen molar-refractivity contribution < 1.29 is 0 Å². The summed E-state index contributed by atoms with van der Waals surface area (Å²) in [6.07, 6.45) is 5.33. The first-order chi connectivity index (χ1) is 9.40. The first-order valence-electron chi connectivity index (χ1n) is 6.18. The Morgan fingerprint density at radius 2 is 1.68 bits per heavy atom. The molecule has 0 saturated heterocycles. The number of hydrogen-bond donors (Lipinski definition) is 1. The summed E-state index contributed by atoms with van der Waals surface area (Å²) >= 11 is 0. The van der Waals surface area contributed by atoms with Gasteiger partial charge in [-0.25, -0.2) is 9.97 Å². The number of hydrogen-bond acceptors (Lipinski definition) is 4. The van der Waals surface area contributed by atoms with Crippen LogP contribution in [0.5, 0.6) is 0 Å². The van der Waals surface area contributed by atoms with E-state index in [4.69, 9.17) is 0 Å². The van der Waals surface area contributed by atoms with Crippen molar-refractivity contribution in [1.82, 2.24) is 20.3 Å². The largest absolute Gasteiger partial charge is 0.307 e. The highest BCUT2D eigenvalue weighted by Gasteiger charge is 2.16. The Morgan fingerprint density at radius 1 is 0.895 bits per heavy atom. The summed E-state index contributed by atoms with van der Waals surface area (Å²) in [4.78, 5) is 13.1. The van der Waals surface area contributed by atoms with Crippen molar-refractivity contribution in [2.24, 2.45) is 0 Å². The molecule has 94 valence electrons. The maximum Gasteiger partial charge on any atom is 0.149 e. The molecule has 3 rings (SSSR count). The molecular weight excluding hydrogens is 236 g/mol. The van der Waals surface area contributed by atoms with Gasteiger partial charge in [0.2, 0.25) is 0 Å². The Labute approximate surface area is 111 Å². The molecule has 0 radical (unpaired) electrons. The van der Waals surface area contributed by atoms with Crippen molar-refractivity contribution in [3.63, 3.8) is 0 Å². The zero-order valence-corrected chi connectivity index (χ0v) is 10.6. The molecule has 0 spiro atoms. The van der Waals surface area contributed by atoms with E-state index < -0.39 is 0 Å². The SMILES string of the molecule is CNC(c1ncccn1)c1cccc2ncccc12. The van der Waals surface area contributed by atoms with Crippen molar-refractivity contribution in [2.45, 2.75) is 6.04 Å². The maximum absolute atomic E-state index is 4.38. The normalized spacial score (nSPS) is 12.5. The average molecular weight is 250 g/mol. The van der Waals surface area contributed by atoms with Gasteiger partial charge in [-0.3, -0.25) is 4.98 Å². The van der Waals surface area contributed by atoms with Gasteiger partial charge in [-0.1, -0.05) is 18.2 Å². The monoisotopic (exact) mass is 250 g/mol. The van der Waals surface area contributed by atoms with Crippen molar-refractivity contribution in [3.05, 3.63) is 66.4 Å². The van der Waals surface area contributed by atoms with Gasteiger partial charge < -0.3 is 5.32 Å². The van der Waals surface area contributed by atoms with Gasteiger partial charge in [0, 0.05) is 24.0 Å². The molecule has 0 fully saturated rings. The molecule has 0 aliphatic heterocycles. The topological polar surface area (TPSA) is 50.7 Å². The average Bonchev–Trinajstić information content (AvgIpc) is 2.49. The van der Waals surface area contributed by atoms with E-state index in [0.29, 0.717) is 0 Å². The van der Waals surface area contributed by atoms with Crippen LogP contribution in [0, 0.1) is 0 Å². The Morgan fingerprint density at radius 3 is 2.47 bits per heavy atom. The van der Waals surface area contributed by atoms with Crippen LogP contribution in [0.4, 0.5) is 0 Å². The van der Waals surface area contributed by atoms with Crippen molar-refractivity contribution in [2.75, 3.05) is 7.05 Å². The third-order valence-electron chi connectivity index (χ3n) is 3.12. The van der Waals surface area contributed by atoms with E-state index in [2.05, 4.69) is 32.4 Å². The summed E-state index contributed by atoms with van der Waals surface area (Å²) < 4.78 is 0. The molecule has 4 heteroatoms. The molecule has 4 nitrogen and oxygen atoms in total. The first-order valence-corrected chi connectivity index (χ1v) is 6.18. The lowest BCUT2D eigenvalue weighted by Crippen LogP contribution is -2.20. The summed E-state index contributed by atoms with van der Waals surface area (Å²) in [5.74, 6) is 0.765. The van der Waals surface area contributed by atoms with Crippen molar-refractivity contribution in [1.29, 1.82) is 0 Å². The minimum atomic E-state index is -0.0332. The van der Waals surface area contributed by atoms with E-state index in [1.54, 1.807) is 18.6 Å². The molecule has 0 saturated carbocycles. The van der Waals surface area contributed by atoms with Crippen LogP contribution in [0.3, 0.4) is 0 Å². The van der Waals surface area contributed by atoms with Gasteiger partial charge in [0.1, 0.15) is 5.82 Å². The van der Waals surface area contributed by atoms with Gasteiger partial charge in [-0.15, -0.1) is 0 Å². The molecule has 1 unspecified atom stereocenters. The molecule has 2 heterocycles. The zero-order valence-electron chi connectivity index (χ0n) is 10.6. The summed E-state index contributed by atoms with van der Waals surface area (Å²) in [7, 11) is 1.91. The Hall–Kier alpha value is -2.33. The van der Waals surface area contributed by atoms with Crippen LogP contribution in [0.2, 0.25) is 0 Å². The van der Waals surface area contributed by atoms with Crippen LogP contribution in [0.1, 0.15) is 17.4 Å². The molecule has 3 aromatic rings. The quantitative estimate of drug-likeness (QED) is 0.775. The second-order valence-electron chi connectivity index (χ2n) is 4.25. The molecule has 19 heavy (non-hydrogen) atoms. The number of nitrogens with one attached hydrogen (secondary N) is 1. The van der Waals surface area contributed by atoms with Gasteiger partial charge in [-0.05, 0) is 30.8 Å². The van der Waals surface area contributed by atoms with Crippen molar-refractivity contribution >= 4 is 10.9 Å². The summed E-state index contributed by atoms with van der Waals surface area (Å²) in [6, 6.07) is 11.9. The second kappa shape index (κ2) is 5.12. The lowest BCUT2D eigenvalue weighted by atomic mass is 10.0. The number of nitrogens with zero attached hydrogens (tertiary/aromatic N) is 3. The van der Waals surface area contributed by atoms with Crippen LogP contribution in [0.25, 0.3) is 10.9 Å². The predicted octanol–water partition coefficient (Wildman–Crippen LogP) is 2.33. The highest BCUT2D eigenvalue weighted by Crippen LogP contribution is 2.25. The lowest BCUT2D eigenvalue weighted by Gasteiger charge is -2.16. The van der Waals surface area contributed by atoms with Gasteiger partial charge in [0.25, 0.3) is 0 Å². The van der Waals surface area contributed by atoms with E-state index in [1.165, 1.54) is 0 Å². The first kappa shape index (κ1) is 11.7. The van der Waals surface area contributed by atoms with Gasteiger partial charge in [-0.2, -0.15) is 0 Å². The Balaban J connectivity index is 2.17. The minimum absolute atomic E-state index is 0.0332. The Bertz CT molecular complexity index is 677. The van der Waals surface area contributed by atoms with E-state index in [0.717, 1.165) is 22.3 Å². The zero-order chi connectivity index (χ0) is 13.1. The number of rotatable bonds is 3. The van der Waals surface area contributed by atoms with E-state index >= 15 is 0 Å². The second-order valence-corrected chi connectivity index (χ2v) is 4.25. The third-order valence-corrected chi connectivity index (χ3v) is 3.12.